The van der Waals surface area contributed by atoms with Crippen molar-refractivity contribution in [2.75, 3.05) is 4.72 Å². The van der Waals surface area contributed by atoms with Gasteiger partial charge in [-0.2, -0.15) is 0 Å². The Morgan fingerprint density at radius 2 is 1.90 bits per heavy atom. The number of aryl methyl sites for hydroxylation is 1. The molecule has 0 atom stereocenters. The summed E-state index contributed by atoms with van der Waals surface area (Å²) in [5.74, 6) is -2.21. The van der Waals surface area contributed by atoms with Crippen LogP contribution in [0.4, 0.5) is 14.6 Å². The van der Waals surface area contributed by atoms with Crippen molar-refractivity contribution in [3.8, 4) is 0 Å². The first-order valence-corrected chi connectivity index (χ1v) is 7.67. The molecule has 8 heteroatoms. The molecule has 106 valence electrons. The van der Waals surface area contributed by atoms with E-state index in [4.69, 9.17) is 0 Å². The minimum Gasteiger partial charge on any atom is -0.263 e. The minimum atomic E-state index is -4.02. The van der Waals surface area contributed by atoms with E-state index in [2.05, 4.69) is 25.6 Å². The van der Waals surface area contributed by atoms with Crippen LogP contribution in [0.25, 0.3) is 0 Å². The number of aromatic nitrogens is 1. The Bertz CT molecular complexity index is 766. The molecule has 1 aromatic heterocycles. The largest absolute Gasteiger partial charge is 0.263 e. The molecule has 2 aromatic rings. The average molecular weight is 363 g/mol. The molecule has 0 saturated heterocycles. The quantitative estimate of drug-likeness (QED) is 0.911. The van der Waals surface area contributed by atoms with Crippen molar-refractivity contribution in [2.24, 2.45) is 0 Å². The van der Waals surface area contributed by atoms with Crippen molar-refractivity contribution >= 4 is 31.8 Å². The number of nitrogens with zero attached hydrogens (tertiary/aromatic N) is 1. The summed E-state index contributed by atoms with van der Waals surface area (Å²) in [6.45, 7) is 1.67. The maximum atomic E-state index is 13.1. The van der Waals surface area contributed by atoms with Crippen molar-refractivity contribution in [2.45, 2.75) is 11.8 Å². The van der Waals surface area contributed by atoms with Crippen molar-refractivity contribution in [1.82, 2.24) is 4.98 Å². The second-order valence-electron chi connectivity index (χ2n) is 4.00. The number of nitrogens with one attached hydrogen (secondary N) is 1. The lowest BCUT2D eigenvalue weighted by molar-refractivity contribution is 0.504. The summed E-state index contributed by atoms with van der Waals surface area (Å²) < 4.78 is 52.9. The van der Waals surface area contributed by atoms with Crippen LogP contribution >= 0.6 is 15.9 Å². The fourth-order valence-corrected chi connectivity index (χ4v) is 3.02. The molecule has 0 aliphatic heterocycles. The Hall–Kier alpha value is -1.54. The van der Waals surface area contributed by atoms with Crippen molar-refractivity contribution in [1.29, 1.82) is 0 Å². The van der Waals surface area contributed by atoms with Crippen LogP contribution in [0.1, 0.15) is 5.56 Å². The minimum absolute atomic E-state index is 0.123. The van der Waals surface area contributed by atoms with Crippen LogP contribution < -0.4 is 4.72 Å². The van der Waals surface area contributed by atoms with E-state index in [1.807, 2.05) is 0 Å². The van der Waals surface area contributed by atoms with Crippen LogP contribution in [0.3, 0.4) is 0 Å². The molecule has 0 spiro atoms. The highest BCUT2D eigenvalue weighted by Gasteiger charge is 2.18. The number of pyridine rings is 1. The van der Waals surface area contributed by atoms with Gasteiger partial charge in [0.15, 0.2) is 11.6 Å². The highest BCUT2D eigenvalue weighted by Crippen LogP contribution is 2.21. The van der Waals surface area contributed by atoms with Gasteiger partial charge in [-0.1, -0.05) is 0 Å². The summed E-state index contributed by atoms with van der Waals surface area (Å²) in [6, 6.07) is 4.03. The van der Waals surface area contributed by atoms with Crippen molar-refractivity contribution in [3.05, 3.63) is 52.1 Å². The maximum absolute atomic E-state index is 13.1. The first-order chi connectivity index (χ1) is 9.29. The van der Waals surface area contributed by atoms with Gasteiger partial charge in [-0.25, -0.2) is 22.2 Å². The Morgan fingerprint density at radius 1 is 1.20 bits per heavy atom. The number of halogens is 3. The predicted octanol–water partition coefficient (Wildman–Crippen LogP) is 3.23. The fraction of sp³-hybridized carbons (Fsp3) is 0.0833. The van der Waals surface area contributed by atoms with Gasteiger partial charge >= 0.3 is 0 Å². The van der Waals surface area contributed by atoms with E-state index in [0.29, 0.717) is 16.1 Å². The molecule has 0 fully saturated rings. The molecule has 1 heterocycles. The van der Waals surface area contributed by atoms with Gasteiger partial charge in [-0.3, -0.25) is 4.72 Å². The van der Waals surface area contributed by atoms with Gasteiger partial charge in [0, 0.05) is 10.7 Å². The number of rotatable bonds is 3. The van der Waals surface area contributed by atoms with E-state index < -0.39 is 21.7 Å². The second-order valence-corrected chi connectivity index (χ2v) is 6.60. The molecule has 1 aromatic carbocycles. The van der Waals surface area contributed by atoms with Crippen LogP contribution in [0.2, 0.25) is 0 Å². The van der Waals surface area contributed by atoms with Gasteiger partial charge in [0.05, 0.1) is 4.90 Å². The Labute approximate surface area is 123 Å². The third-order valence-corrected chi connectivity index (χ3v) is 4.25. The number of sulfonamides is 1. The van der Waals surface area contributed by atoms with Gasteiger partial charge in [0.2, 0.25) is 0 Å². The Morgan fingerprint density at radius 3 is 2.50 bits per heavy atom. The van der Waals surface area contributed by atoms with Gasteiger partial charge < -0.3 is 0 Å². The third-order valence-electron chi connectivity index (χ3n) is 2.48. The molecule has 4 nitrogen and oxygen atoms in total. The summed E-state index contributed by atoms with van der Waals surface area (Å²) in [7, 11) is -4.02. The van der Waals surface area contributed by atoms with E-state index in [1.54, 1.807) is 13.0 Å². The summed E-state index contributed by atoms with van der Waals surface area (Å²) >= 11 is 3.21. The zero-order chi connectivity index (χ0) is 14.9. The Balaban J connectivity index is 2.38. The SMILES string of the molecule is Cc1cc(Br)cnc1NS(=O)(=O)c1ccc(F)c(F)c1. The molecular formula is C12H9BrF2N2O2S. The average Bonchev–Trinajstić information content (AvgIpc) is 2.36. The summed E-state index contributed by atoms with van der Waals surface area (Å²) in [5, 5.41) is 0. The zero-order valence-corrected chi connectivity index (χ0v) is 12.6. The fourth-order valence-electron chi connectivity index (χ4n) is 1.48. The monoisotopic (exact) mass is 362 g/mol. The first-order valence-electron chi connectivity index (χ1n) is 5.39. The highest BCUT2D eigenvalue weighted by molar-refractivity contribution is 9.10. The maximum Gasteiger partial charge on any atom is 0.263 e. The van der Waals surface area contributed by atoms with Gasteiger partial charge in [-0.05, 0) is 52.7 Å². The van der Waals surface area contributed by atoms with E-state index in [0.717, 1.165) is 12.1 Å². The molecule has 0 radical (unpaired) electrons. The zero-order valence-electron chi connectivity index (χ0n) is 10.2. The van der Waals surface area contributed by atoms with Crippen LogP contribution in [-0.4, -0.2) is 13.4 Å². The third kappa shape index (κ3) is 3.13. The molecule has 0 bridgehead atoms. The number of hydrogen-bond acceptors (Lipinski definition) is 3. The van der Waals surface area contributed by atoms with Gasteiger partial charge in [0.25, 0.3) is 10.0 Å². The Kier molecular flexibility index (Phi) is 4.05. The molecule has 2 rings (SSSR count). The van der Waals surface area contributed by atoms with Crippen molar-refractivity contribution < 1.29 is 17.2 Å². The lowest BCUT2D eigenvalue weighted by atomic mass is 10.3. The molecule has 0 aliphatic carbocycles. The van der Waals surface area contributed by atoms with E-state index >= 15 is 0 Å². The van der Waals surface area contributed by atoms with Crippen LogP contribution in [0, 0.1) is 18.6 Å². The van der Waals surface area contributed by atoms with Crippen LogP contribution in [0.15, 0.2) is 39.8 Å². The number of hydrogen-bond donors (Lipinski definition) is 1. The predicted molar refractivity (Wildman–Crippen MR) is 73.8 cm³/mol. The standard InChI is InChI=1S/C12H9BrF2N2O2S/c1-7-4-8(13)6-16-12(7)17-20(18,19)9-2-3-10(14)11(15)5-9/h2-6H,1H3,(H,16,17). The van der Waals surface area contributed by atoms with E-state index in [1.165, 1.54) is 6.20 Å². The highest BCUT2D eigenvalue weighted by atomic mass is 79.9. The molecule has 0 unspecified atom stereocenters. The van der Waals surface area contributed by atoms with Crippen molar-refractivity contribution in [3.63, 3.8) is 0 Å². The molecule has 0 saturated carbocycles. The molecule has 0 amide bonds. The van der Waals surface area contributed by atoms with Gasteiger partial charge in [-0.15, -0.1) is 0 Å². The van der Waals surface area contributed by atoms with Crippen LogP contribution in [0.5, 0.6) is 0 Å². The number of anilines is 1. The smallest absolute Gasteiger partial charge is 0.263 e. The summed E-state index contributed by atoms with van der Waals surface area (Å²) in [4.78, 5) is 3.55. The summed E-state index contributed by atoms with van der Waals surface area (Å²) in [6.07, 6.45) is 1.43. The lowest BCUT2D eigenvalue weighted by Crippen LogP contribution is -2.15. The normalized spacial score (nSPS) is 11.4. The lowest BCUT2D eigenvalue weighted by Gasteiger charge is -2.10. The molecule has 20 heavy (non-hydrogen) atoms. The topological polar surface area (TPSA) is 59.1 Å². The molecule has 0 aliphatic rings. The first kappa shape index (κ1) is 14.9. The van der Waals surface area contributed by atoms with E-state index in [9.17, 15) is 17.2 Å². The van der Waals surface area contributed by atoms with Crippen LogP contribution in [-0.2, 0) is 10.0 Å². The van der Waals surface area contributed by atoms with Gasteiger partial charge in [0.1, 0.15) is 5.82 Å². The van der Waals surface area contributed by atoms with E-state index in [-0.39, 0.29) is 10.7 Å². The second kappa shape index (κ2) is 5.45. The molecule has 1 N–H and O–H groups in total. The number of benzene rings is 1. The molecular weight excluding hydrogens is 354 g/mol. The summed E-state index contributed by atoms with van der Waals surface area (Å²) in [5.41, 5.74) is 0.588.